The molecule has 0 unspecified atom stereocenters. The van der Waals surface area contributed by atoms with E-state index in [1.807, 2.05) is 48.5 Å². The van der Waals surface area contributed by atoms with Crippen molar-refractivity contribution in [2.45, 2.75) is 18.9 Å². The molecule has 1 aliphatic heterocycles. The molecule has 1 aromatic heterocycles. The van der Waals surface area contributed by atoms with Crippen LogP contribution in [-0.2, 0) is 4.79 Å². The summed E-state index contributed by atoms with van der Waals surface area (Å²) in [6.07, 6.45) is 1.51. The van der Waals surface area contributed by atoms with Crippen molar-refractivity contribution in [3.05, 3.63) is 114 Å². The zero-order valence-corrected chi connectivity index (χ0v) is 19.3. The van der Waals surface area contributed by atoms with Crippen molar-refractivity contribution in [1.82, 2.24) is 15.5 Å². The molecule has 3 aromatic carbocycles. The van der Waals surface area contributed by atoms with E-state index in [2.05, 4.69) is 44.7 Å². The zero-order valence-electron chi connectivity index (χ0n) is 19.3. The molecule has 1 saturated heterocycles. The van der Waals surface area contributed by atoms with Crippen molar-refractivity contribution in [3.63, 3.8) is 0 Å². The van der Waals surface area contributed by atoms with Gasteiger partial charge in [-0.05, 0) is 60.4 Å². The number of nitrogens with one attached hydrogen (secondary N) is 1. The first-order valence-corrected chi connectivity index (χ1v) is 11.9. The van der Waals surface area contributed by atoms with Gasteiger partial charge >= 0.3 is 0 Å². The molecule has 0 radical (unpaired) electrons. The van der Waals surface area contributed by atoms with Crippen LogP contribution in [-0.4, -0.2) is 29.2 Å². The van der Waals surface area contributed by atoms with Gasteiger partial charge in [-0.25, -0.2) is 4.39 Å². The summed E-state index contributed by atoms with van der Waals surface area (Å²) in [6.45, 7) is 1.48. The molecule has 1 aliphatic rings. The zero-order chi connectivity index (χ0) is 24.0. The number of halogens is 1. The van der Waals surface area contributed by atoms with Gasteiger partial charge in [0.15, 0.2) is 5.82 Å². The molecule has 0 aliphatic carbocycles. The monoisotopic (exact) mass is 466 g/mol. The second kappa shape index (κ2) is 10.5. The highest BCUT2D eigenvalue weighted by atomic mass is 19.1. The predicted molar refractivity (Wildman–Crippen MR) is 135 cm³/mol. The summed E-state index contributed by atoms with van der Waals surface area (Å²) in [5.41, 5.74) is 3.67. The second-order valence-electron chi connectivity index (χ2n) is 8.81. The lowest BCUT2D eigenvalue weighted by molar-refractivity contribution is -0.126. The number of nitrogens with zero attached hydrogens (tertiary/aromatic N) is 3. The number of carbonyl (C=O) groups is 1. The highest BCUT2D eigenvalue weighted by Gasteiger charge is 2.28. The van der Waals surface area contributed by atoms with E-state index < -0.39 is 0 Å². The molecule has 176 valence electrons. The third kappa shape index (κ3) is 5.38. The number of piperidine rings is 1. The Hall–Kier alpha value is -4.06. The van der Waals surface area contributed by atoms with Crippen LogP contribution in [0.2, 0.25) is 0 Å². The first-order valence-electron chi connectivity index (χ1n) is 11.9. The minimum Gasteiger partial charge on any atom is -0.355 e. The predicted octanol–water partition coefficient (Wildman–Crippen LogP) is 5.40. The summed E-state index contributed by atoms with van der Waals surface area (Å²) in [6, 6.07) is 30.1. The van der Waals surface area contributed by atoms with Gasteiger partial charge in [-0.2, -0.15) is 0 Å². The van der Waals surface area contributed by atoms with Crippen LogP contribution in [0.15, 0.2) is 97.1 Å². The summed E-state index contributed by atoms with van der Waals surface area (Å²) < 4.78 is 13.2. The standard InChI is InChI=1S/C29H27FN4O/c30-25-13-11-21(12-14-25)26-15-16-27(33-32-26)34-19-17-24(18-20-34)29(35)31-28(22-7-3-1-4-8-22)23-9-5-2-6-10-23/h1-16,24,28H,17-20H2,(H,31,35). The Balaban J connectivity index is 1.22. The first kappa shape index (κ1) is 22.7. The molecule has 0 saturated carbocycles. The fourth-order valence-corrected chi connectivity index (χ4v) is 4.55. The summed E-state index contributed by atoms with van der Waals surface area (Å²) in [7, 11) is 0. The number of amides is 1. The number of hydrogen-bond acceptors (Lipinski definition) is 4. The van der Waals surface area contributed by atoms with E-state index in [4.69, 9.17) is 0 Å². The fourth-order valence-electron chi connectivity index (χ4n) is 4.55. The smallest absolute Gasteiger partial charge is 0.223 e. The van der Waals surface area contributed by atoms with E-state index in [-0.39, 0.29) is 23.7 Å². The number of anilines is 1. The van der Waals surface area contributed by atoms with E-state index in [0.717, 1.165) is 48.4 Å². The van der Waals surface area contributed by atoms with Crippen molar-refractivity contribution < 1.29 is 9.18 Å². The van der Waals surface area contributed by atoms with Crippen molar-refractivity contribution >= 4 is 11.7 Å². The number of hydrogen-bond donors (Lipinski definition) is 1. The SMILES string of the molecule is O=C(NC(c1ccccc1)c1ccccc1)C1CCN(c2ccc(-c3ccc(F)cc3)nn2)CC1. The Morgan fingerprint density at radius 3 is 1.94 bits per heavy atom. The number of rotatable bonds is 6. The highest BCUT2D eigenvalue weighted by Crippen LogP contribution is 2.26. The molecule has 35 heavy (non-hydrogen) atoms. The van der Waals surface area contributed by atoms with Crippen LogP contribution in [0, 0.1) is 11.7 Å². The number of carbonyl (C=O) groups excluding carboxylic acids is 1. The molecule has 1 fully saturated rings. The molecule has 1 amide bonds. The van der Waals surface area contributed by atoms with Crippen molar-refractivity contribution in [3.8, 4) is 11.3 Å². The molecule has 5 rings (SSSR count). The molecule has 0 spiro atoms. The van der Waals surface area contributed by atoms with E-state index in [1.165, 1.54) is 12.1 Å². The number of aromatic nitrogens is 2. The fraction of sp³-hybridized carbons (Fsp3) is 0.207. The Labute approximate surface area is 204 Å². The average Bonchev–Trinajstić information content (AvgIpc) is 2.93. The molecule has 0 atom stereocenters. The Morgan fingerprint density at radius 2 is 1.40 bits per heavy atom. The van der Waals surface area contributed by atoms with Crippen molar-refractivity contribution in [2.75, 3.05) is 18.0 Å². The molecule has 0 bridgehead atoms. The van der Waals surface area contributed by atoms with Gasteiger partial charge in [-0.3, -0.25) is 4.79 Å². The van der Waals surface area contributed by atoms with Gasteiger partial charge < -0.3 is 10.2 Å². The summed E-state index contributed by atoms with van der Waals surface area (Å²) in [5.74, 6) is 0.554. The van der Waals surface area contributed by atoms with Crippen LogP contribution in [0.1, 0.15) is 30.0 Å². The van der Waals surface area contributed by atoms with Gasteiger partial charge in [0.05, 0.1) is 11.7 Å². The third-order valence-electron chi connectivity index (χ3n) is 6.53. The molecule has 6 heteroatoms. The van der Waals surface area contributed by atoms with Gasteiger partial charge in [0.25, 0.3) is 0 Å². The average molecular weight is 467 g/mol. The van der Waals surface area contributed by atoms with E-state index >= 15 is 0 Å². The van der Waals surface area contributed by atoms with Gasteiger partial charge in [0, 0.05) is 24.6 Å². The van der Waals surface area contributed by atoms with Crippen LogP contribution in [0.25, 0.3) is 11.3 Å². The highest BCUT2D eigenvalue weighted by molar-refractivity contribution is 5.80. The minimum absolute atomic E-state index is 0.0485. The van der Waals surface area contributed by atoms with Gasteiger partial charge in [0.1, 0.15) is 5.82 Å². The Morgan fingerprint density at radius 1 is 0.800 bits per heavy atom. The van der Waals surface area contributed by atoms with Crippen LogP contribution in [0.3, 0.4) is 0 Å². The minimum atomic E-state index is -0.274. The number of benzene rings is 3. The van der Waals surface area contributed by atoms with Gasteiger partial charge in [-0.1, -0.05) is 60.7 Å². The summed E-state index contributed by atoms with van der Waals surface area (Å²) >= 11 is 0. The lowest BCUT2D eigenvalue weighted by Crippen LogP contribution is -2.42. The first-order chi connectivity index (χ1) is 17.2. The van der Waals surface area contributed by atoms with Crippen molar-refractivity contribution in [2.24, 2.45) is 5.92 Å². The van der Waals surface area contributed by atoms with Crippen LogP contribution in [0.5, 0.6) is 0 Å². The van der Waals surface area contributed by atoms with E-state index in [0.29, 0.717) is 5.69 Å². The Kier molecular flexibility index (Phi) is 6.80. The second-order valence-corrected chi connectivity index (χ2v) is 8.81. The maximum atomic E-state index is 13.2. The lowest BCUT2D eigenvalue weighted by Gasteiger charge is -2.32. The maximum absolute atomic E-state index is 13.2. The van der Waals surface area contributed by atoms with E-state index in [1.54, 1.807) is 12.1 Å². The van der Waals surface area contributed by atoms with Crippen molar-refractivity contribution in [1.29, 1.82) is 0 Å². The molecule has 5 nitrogen and oxygen atoms in total. The molecule has 4 aromatic rings. The summed E-state index contributed by atoms with van der Waals surface area (Å²) in [4.78, 5) is 15.4. The summed E-state index contributed by atoms with van der Waals surface area (Å²) in [5, 5.41) is 12.0. The maximum Gasteiger partial charge on any atom is 0.223 e. The molecular weight excluding hydrogens is 439 g/mol. The lowest BCUT2D eigenvalue weighted by atomic mass is 9.93. The molecule has 2 heterocycles. The topological polar surface area (TPSA) is 58.1 Å². The third-order valence-corrected chi connectivity index (χ3v) is 6.53. The molecule has 1 N–H and O–H groups in total. The van der Waals surface area contributed by atoms with Crippen LogP contribution < -0.4 is 10.2 Å². The van der Waals surface area contributed by atoms with Gasteiger partial charge in [-0.15, -0.1) is 10.2 Å². The van der Waals surface area contributed by atoms with Crippen LogP contribution >= 0.6 is 0 Å². The largest absolute Gasteiger partial charge is 0.355 e. The van der Waals surface area contributed by atoms with Gasteiger partial charge in [0.2, 0.25) is 5.91 Å². The molecular formula is C29H27FN4O. The normalized spacial score (nSPS) is 14.2. The van der Waals surface area contributed by atoms with Crippen LogP contribution in [0.4, 0.5) is 10.2 Å². The quantitative estimate of drug-likeness (QED) is 0.413. The Bertz CT molecular complexity index is 1200. The van der Waals surface area contributed by atoms with E-state index in [9.17, 15) is 9.18 Å².